The fourth-order valence-electron chi connectivity index (χ4n) is 4.68. The Morgan fingerprint density at radius 2 is 1.40 bits per heavy atom. The molecule has 220 valence electrons. The quantitative estimate of drug-likeness (QED) is 0.276. The first-order valence-corrected chi connectivity index (χ1v) is 14.2. The first kappa shape index (κ1) is 30.7. The Morgan fingerprint density at radius 3 is 2.00 bits per heavy atom. The highest BCUT2D eigenvalue weighted by atomic mass is 16.6. The monoisotopic (exact) mass is 570 g/mol. The number of amides is 2. The molecule has 1 fully saturated rings. The van der Waals surface area contributed by atoms with Gasteiger partial charge in [0, 0.05) is 12.3 Å². The number of ketones is 2. The number of benzene rings is 3. The molecule has 8 heteroatoms. The molecule has 2 N–H and O–H groups in total. The van der Waals surface area contributed by atoms with E-state index in [2.05, 4.69) is 10.6 Å². The second-order valence-corrected chi connectivity index (χ2v) is 11.1. The van der Waals surface area contributed by atoms with E-state index in [-0.39, 0.29) is 24.6 Å². The molecule has 0 aliphatic carbocycles. The fourth-order valence-corrected chi connectivity index (χ4v) is 4.68. The molecule has 0 bridgehead atoms. The summed E-state index contributed by atoms with van der Waals surface area (Å²) in [5.41, 5.74) is 2.77. The topological polar surface area (TPSA) is 114 Å². The number of ether oxygens (including phenoxy) is 2. The van der Waals surface area contributed by atoms with Crippen molar-refractivity contribution in [2.75, 3.05) is 6.61 Å². The van der Waals surface area contributed by atoms with E-state index >= 15 is 0 Å². The lowest BCUT2D eigenvalue weighted by Crippen LogP contribution is -2.50. The molecule has 1 saturated heterocycles. The number of hydrogen-bond acceptors (Lipinski definition) is 6. The van der Waals surface area contributed by atoms with Crippen molar-refractivity contribution >= 4 is 23.6 Å². The molecule has 2 amide bonds. The molecule has 1 unspecified atom stereocenters. The molecule has 4 rings (SSSR count). The van der Waals surface area contributed by atoms with Crippen molar-refractivity contribution in [3.8, 4) is 0 Å². The summed E-state index contributed by atoms with van der Waals surface area (Å²) in [6.07, 6.45) is -0.241. The zero-order valence-electron chi connectivity index (χ0n) is 24.3. The first-order chi connectivity index (χ1) is 20.1. The van der Waals surface area contributed by atoms with Crippen LogP contribution in [-0.4, -0.2) is 47.9 Å². The third kappa shape index (κ3) is 8.85. The van der Waals surface area contributed by atoms with Gasteiger partial charge in [0.1, 0.15) is 12.2 Å². The van der Waals surface area contributed by atoms with Crippen LogP contribution in [0.1, 0.15) is 42.5 Å². The maximum Gasteiger partial charge on any atom is 0.408 e. The number of alkyl carbamates (subject to hydrolysis) is 1. The first-order valence-electron chi connectivity index (χ1n) is 14.2. The minimum atomic E-state index is -0.923. The van der Waals surface area contributed by atoms with Crippen LogP contribution in [-0.2, 0) is 43.3 Å². The maximum atomic E-state index is 13.7. The van der Waals surface area contributed by atoms with Gasteiger partial charge in [-0.1, -0.05) is 90.5 Å². The van der Waals surface area contributed by atoms with Crippen LogP contribution in [0.25, 0.3) is 0 Å². The molecule has 0 aromatic heterocycles. The number of aryl methyl sites for hydroxylation is 1. The summed E-state index contributed by atoms with van der Waals surface area (Å²) >= 11 is 0. The molecule has 0 spiro atoms. The number of epoxide rings is 1. The van der Waals surface area contributed by atoms with Crippen molar-refractivity contribution in [3.63, 3.8) is 0 Å². The van der Waals surface area contributed by atoms with Crippen molar-refractivity contribution in [1.29, 1.82) is 0 Å². The molecule has 1 aliphatic heterocycles. The van der Waals surface area contributed by atoms with Gasteiger partial charge in [-0.2, -0.15) is 0 Å². The Bertz CT molecular complexity index is 1370. The lowest BCUT2D eigenvalue weighted by molar-refractivity contribution is -0.134. The summed E-state index contributed by atoms with van der Waals surface area (Å²) in [5, 5.41) is 5.51. The molecule has 4 atom stereocenters. The number of Topliss-reactive ketones (excluding diaryl/α,β-unsaturated/α-hetero) is 2. The summed E-state index contributed by atoms with van der Waals surface area (Å²) < 4.78 is 10.7. The zero-order chi connectivity index (χ0) is 30.1. The van der Waals surface area contributed by atoms with E-state index in [9.17, 15) is 19.2 Å². The fraction of sp³-hybridized carbons (Fsp3) is 0.353. The predicted molar refractivity (Wildman–Crippen MR) is 159 cm³/mol. The number of carbonyl (C=O) groups is 4. The number of rotatable bonds is 14. The largest absolute Gasteiger partial charge is 0.445 e. The molecular weight excluding hydrogens is 532 g/mol. The normalized spacial score (nSPS) is 17.8. The lowest BCUT2D eigenvalue weighted by Gasteiger charge is -2.24. The smallest absolute Gasteiger partial charge is 0.408 e. The van der Waals surface area contributed by atoms with Crippen LogP contribution in [0.4, 0.5) is 4.79 Å². The highest BCUT2D eigenvalue weighted by Crippen LogP contribution is 2.29. The van der Waals surface area contributed by atoms with E-state index in [1.807, 2.05) is 91.9 Å². The number of hydrogen-bond donors (Lipinski definition) is 2. The molecule has 0 radical (unpaired) electrons. The summed E-state index contributed by atoms with van der Waals surface area (Å²) in [4.78, 5) is 52.7. The van der Waals surface area contributed by atoms with Crippen molar-refractivity contribution < 1.29 is 28.7 Å². The standard InChI is InChI=1S/C34H38N2O6/c1-23-14-16-26(17-15-23)18-28(20-30(37)24(2)35-33(40)41-21-27-12-8-5-9-13-27)32(39)36-29(31(38)34(3)22-42-34)19-25-10-6-4-7-11-25/h4-17,24,28-29H,18-22H2,1-3H3,(H,35,40)(H,36,39)/t24-,28+,29-,34?/m0/s1. The van der Waals surface area contributed by atoms with Gasteiger partial charge < -0.3 is 20.1 Å². The number of carbonyl (C=O) groups excluding carboxylic acids is 4. The van der Waals surface area contributed by atoms with Crippen molar-refractivity contribution in [3.05, 3.63) is 107 Å². The molecule has 8 nitrogen and oxygen atoms in total. The van der Waals surface area contributed by atoms with Crippen LogP contribution < -0.4 is 10.6 Å². The van der Waals surface area contributed by atoms with Gasteiger partial charge in [-0.25, -0.2) is 4.79 Å². The summed E-state index contributed by atoms with van der Waals surface area (Å²) in [6.45, 7) is 5.65. The zero-order valence-corrected chi connectivity index (χ0v) is 24.3. The predicted octanol–water partition coefficient (Wildman–Crippen LogP) is 4.51. The summed E-state index contributed by atoms with van der Waals surface area (Å²) in [7, 11) is 0. The van der Waals surface area contributed by atoms with Crippen LogP contribution in [0.3, 0.4) is 0 Å². The van der Waals surface area contributed by atoms with E-state index in [1.165, 1.54) is 0 Å². The second-order valence-electron chi connectivity index (χ2n) is 11.1. The van der Waals surface area contributed by atoms with Crippen LogP contribution in [0, 0.1) is 12.8 Å². The molecule has 1 aliphatic rings. The lowest BCUT2D eigenvalue weighted by atomic mass is 9.89. The van der Waals surface area contributed by atoms with Gasteiger partial charge in [-0.15, -0.1) is 0 Å². The minimum Gasteiger partial charge on any atom is -0.445 e. The van der Waals surface area contributed by atoms with Crippen LogP contribution in [0.5, 0.6) is 0 Å². The Hall–Kier alpha value is -4.30. The molecule has 1 heterocycles. The molecule has 0 saturated carbocycles. The van der Waals surface area contributed by atoms with Gasteiger partial charge in [0.15, 0.2) is 11.6 Å². The molecule has 3 aromatic carbocycles. The van der Waals surface area contributed by atoms with Gasteiger partial charge in [0.2, 0.25) is 5.91 Å². The van der Waals surface area contributed by atoms with Crippen LogP contribution in [0.2, 0.25) is 0 Å². The van der Waals surface area contributed by atoms with Gasteiger partial charge >= 0.3 is 6.09 Å². The van der Waals surface area contributed by atoms with E-state index in [0.29, 0.717) is 19.4 Å². The average Bonchev–Trinajstić information content (AvgIpc) is 3.75. The molecular formula is C34H38N2O6. The van der Waals surface area contributed by atoms with Gasteiger partial charge in [0.25, 0.3) is 0 Å². The second kappa shape index (κ2) is 14.0. The van der Waals surface area contributed by atoms with Crippen LogP contribution >= 0.6 is 0 Å². The van der Waals surface area contributed by atoms with E-state index < -0.39 is 35.6 Å². The van der Waals surface area contributed by atoms with Crippen molar-refractivity contribution in [1.82, 2.24) is 10.6 Å². The summed E-state index contributed by atoms with van der Waals surface area (Å²) in [5.74, 6) is -1.68. The highest BCUT2D eigenvalue weighted by molar-refractivity contribution is 5.98. The minimum absolute atomic E-state index is 0.0749. The van der Waals surface area contributed by atoms with Gasteiger partial charge in [-0.3, -0.25) is 14.4 Å². The third-order valence-corrected chi connectivity index (χ3v) is 7.47. The van der Waals surface area contributed by atoms with E-state index in [1.54, 1.807) is 13.8 Å². The van der Waals surface area contributed by atoms with Gasteiger partial charge in [0.05, 0.1) is 18.7 Å². The Kier molecular flexibility index (Phi) is 10.3. The number of nitrogens with one attached hydrogen (secondary N) is 2. The third-order valence-electron chi connectivity index (χ3n) is 7.47. The highest BCUT2D eigenvalue weighted by Gasteiger charge is 2.50. The Balaban J connectivity index is 1.44. The van der Waals surface area contributed by atoms with E-state index in [4.69, 9.17) is 9.47 Å². The Morgan fingerprint density at radius 1 is 0.833 bits per heavy atom. The molecule has 3 aromatic rings. The summed E-state index contributed by atoms with van der Waals surface area (Å²) in [6, 6.07) is 24.8. The maximum absolute atomic E-state index is 13.7. The van der Waals surface area contributed by atoms with Crippen molar-refractivity contribution in [2.45, 2.75) is 64.3 Å². The molecule has 42 heavy (non-hydrogen) atoms. The van der Waals surface area contributed by atoms with E-state index in [0.717, 1.165) is 22.3 Å². The average molecular weight is 571 g/mol. The van der Waals surface area contributed by atoms with Gasteiger partial charge in [-0.05, 0) is 50.3 Å². The van der Waals surface area contributed by atoms with Crippen molar-refractivity contribution in [2.24, 2.45) is 5.92 Å². The SMILES string of the molecule is Cc1ccc(C[C@H](CC(=O)[C@H](C)NC(=O)OCc2ccccc2)C(=O)N[C@@H](Cc2ccccc2)C(=O)C2(C)CO2)cc1. The van der Waals surface area contributed by atoms with Crippen LogP contribution in [0.15, 0.2) is 84.9 Å². The Labute approximate surface area is 246 Å².